The molecule has 1 heteroatoms. The molecule has 11 aromatic rings. The smallest absolute Gasteiger partial charge is 0.0726 e. The number of hydrogen-bond donors (Lipinski definition) is 0. The van der Waals surface area contributed by atoms with Crippen LogP contribution >= 0.6 is 0 Å². The maximum absolute atomic E-state index is 2.59. The summed E-state index contributed by atoms with van der Waals surface area (Å²) in [4.78, 5) is 2.59. The van der Waals surface area contributed by atoms with E-state index in [1.54, 1.807) is 0 Å². The molecule has 0 fully saturated rings. The molecule has 0 heterocycles. The molecular formula is C61H39N. The molecule has 288 valence electrons. The van der Waals surface area contributed by atoms with Crippen molar-refractivity contribution in [1.29, 1.82) is 0 Å². The van der Waals surface area contributed by atoms with Crippen molar-refractivity contribution in [3.8, 4) is 44.5 Å². The van der Waals surface area contributed by atoms with Gasteiger partial charge in [0.15, 0.2) is 0 Å². The number of benzene rings is 11. The second-order valence-electron chi connectivity index (χ2n) is 16.7. The molecular weight excluding hydrogens is 747 g/mol. The van der Waals surface area contributed by atoms with Crippen LogP contribution in [0.15, 0.2) is 237 Å². The molecule has 2 aliphatic rings. The standard InChI is InChI=1S/C61H39N/c1-2-20-41(21-3-1)59-44-24-7-4-19-40(44)37-38-58(59)62(56-35-17-13-29-49(56)51-39-42-22-5-6-23-43(42)45-25-8-9-26-46(45)51)57-36-18-34-55-60(57)50-30-12-16-33-54(50)61(55)52-31-14-10-27-47(52)48-28-11-15-32-53(48)61/h1-39H. The second kappa shape index (κ2) is 13.5. The molecule has 0 saturated heterocycles. The minimum Gasteiger partial charge on any atom is -0.309 e. The Balaban J connectivity index is 1.18. The first kappa shape index (κ1) is 34.8. The summed E-state index contributed by atoms with van der Waals surface area (Å²) in [6.07, 6.45) is 0. The number of fused-ring (bicyclic) bond motifs is 14. The number of rotatable bonds is 5. The Labute approximate surface area is 361 Å². The van der Waals surface area contributed by atoms with Gasteiger partial charge in [0, 0.05) is 16.7 Å². The summed E-state index contributed by atoms with van der Waals surface area (Å²) in [6.45, 7) is 0. The van der Waals surface area contributed by atoms with Crippen molar-refractivity contribution in [3.63, 3.8) is 0 Å². The predicted octanol–water partition coefficient (Wildman–Crippen LogP) is 16.3. The third kappa shape index (κ3) is 4.79. The van der Waals surface area contributed by atoms with Crippen LogP contribution in [-0.2, 0) is 5.41 Å². The Hall–Kier alpha value is -8.00. The van der Waals surface area contributed by atoms with Gasteiger partial charge < -0.3 is 4.90 Å². The number of anilines is 3. The van der Waals surface area contributed by atoms with Gasteiger partial charge in [0.25, 0.3) is 0 Å². The average molecular weight is 786 g/mol. The maximum atomic E-state index is 2.59. The molecule has 0 bridgehead atoms. The molecule has 0 aromatic heterocycles. The monoisotopic (exact) mass is 785 g/mol. The summed E-state index contributed by atoms with van der Waals surface area (Å²) >= 11 is 0. The van der Waals surface area contributed by atoms with Gasteiger partial charge in [-0.2, -0.15) is 0 Å². The molecule has 0 radical (unpaired) electrons. The van der Waals surface area contributed by atoms with E-state index in [-0.39, 0.29) is 0 Å². The van der Waals surface area contributed by atoms with E-state index < -0.39 is 5.41 Å². The molecule has 62 heavy (non-hydrogen) atoms. The van der Waals surface area contributed by atoms with Crippen molar-refractivity contribution in [2.24, 2.45) is 0 Å². The minimum absolute atomic E-state index is 0.472. The lowest BCUT2D eigenvalue weighted by Gasteiger charge is -2.33. The minimum atomic E-state index is -0.472. The molecule has 13 rings (SSSR count). The van der Waals surface area contributed by atoms with Gasteiger partial charge in [0.05, 0.1) is 22.5 Å². The van der Waals surface area contributed by atoms with Crippen LogP contribution in [0.1, 0.15) is 22.3 Å². The van der Waals surface area contributed by atoms with Crippen molar-refractivity contribution >= 4 is 49.4 Å². The number of para-hydroxylation sites is 1. The van der Waals surface area contributed by atoms with E-state index >= 15 is 0 Å². The van der Waals surface area contributed by atoms with Gasteiger partial charge in [0.2, 0.25) is 0 Å². The van der Waals surface area contributed by atoms with E-state index in [0.29, 0.717) is 0 Å². The van der Waals surface area contributed by atoms with E-state index in [4.69, 9.17) is 0 Å². The maximum Gasteiger partial charge on any atom is 0.0726 e. The van der Waals surface area contributed by atoms with Gasteiger partial charge in [-0.1, -0.05) is 212 Å². The Bertz CT molecular complexity index is 3550. The fourth-order valence-electron chi connectivity index (χ4n) is 11.2. The van der Waals surface area contributed by atoms with Crippen LogP contribution in [0.4, 0.5) is 17.1 Å². The zero-order valence-corrected chi connectivity index (χ0v) is 34.0. The average Bonchev–Trinajstić information content (AvgIpc) is 3.82. The van der Waals surface area contributed by atoms with E-state index in [2.05, 4.69) is 241 Å². The predicted molar refractivity (Wildman–Crippen MR) is 261 cm³/mol. The molecule has 0 unspecified atom stereocenters. The Morgan fingerprint density at radius 2 is 0.758 bits per heavy atom. The van der Waals surface area contributed by atoms with E-state index in [1.807, 2.05) is 0 Å². The molecule has 0 saturated carbocycles. The van der Waals surface area contributed by atoms with Crippen LogP contribution in [0, 0.1) is 0 Å². The highest BCUT2D eigenvalue weighted by Gasteiger charge is 2.52. The van der Waals surface area contributed by atoms with Crippen LogP contribution in [0.25, 0.3) is 76.8 Å². The summed E-state index contributed by atoms with van der Waals surface area (Å²) in [7, 11) is 0. The third-order valence-electron chi connectivity index (χ3n) is 13.7. The Morgan fingerprint density at radius 1 is 0.258 bits per heavy atom. The van der Waals surface area contributed by atoms with Gasteiger partial charge >= 0.3 is 0 Å². The molecule has 0 N–H and O–H groups in total. The van der Waals surface area contributed by atoms with Crippen molar-refractivity contribution in [1.82, 2.24) is 0 Å². The molecule has 0 aliphatic heterocycles. The van der Waals surface area contributed by atoms with Crippen LogP contribution in [0.2, 0.25) is 0 Å². The zero-order chi connectivity index (χ0) is 40.8. The zero-order valence-electron chi connectivity index (χ0n) is 34.0. The van der Waals surface area contributed by atoms with E-state index in [1.165, 1.54) is 99.1 Å². The largest absolute Gasteiger partial charge is 0.309 e. The highest BCUT2D eigenvalue weighted by Crippen LogP contribution is 2.65. The van der Waals surface area contributed by atoms with Gasteiger partial charge in [-0.3, -0.25) is 0 Å². The molecule has 1 nitrogen and oxygen atoms in total. The topological polar surface area (TPSA) is 3.24 Å². The van der Waals surface area contributed by atoms with Crippen molar-refractivity contribution in [2.45, 2.75) is 5.41 Å². The lowest BCUT2D eigenvalue weighted by molar-refractivity contribution is 0.794. The molecule has 0 atom stereocenters. The van der Waals surface area contributed by atoms with Gasteiger partial charge in [-0.25, -0.2) is 0 Å². The quantitative estimate of drug-likeness (QED) is 0.157. The fourth-order valence-corrected chi connectivity index (χ4v) is 11.2. The normalized spacial score (nSPS) is 13.0. The van der Waals surface area contributed by atoms with Crippen LogP contribution in [-0.4, -0.2) is 0 Å². The number of hydrogen-bond acceptors (Lipinski definition) is 1. The lowest BCUT2D eigenvalue weighted by atomic mass is 9.70. The SMILES string of the molecule is c1ccc(-c2c(N(c3ccccc3-c3cc4ccccc4c4ccccc34)c3cccc4c3-c3ccccc3C43c4ccccc4-c4ccccc43)ccc3ccccc23)cc1. The Morgan fingerprint density at radius 3 is 1.50 bits per heavy atom. The molecule has 0 amide bonds. The first-order chi connectivity index (χ1) is 30.8. The second-order valence-corrected chi connectivity index (χ2v) is 16.7. The fraction of sp³-hybridized carbons (Fsp3) is 0.0164. The summed E-state index contributed by atoms with van der Waals surface area (Å²) in [5, 5.41) is 7.42. The number of nitrogens with zero attached hydrogens (tertiary/aromatic N) is 1. The van der Waals surface area contributed by atoms with Crippen LogP contribution < -0.4 is 4.90 Å². The van der Waals surface area contributed by atoms with Gasteiger partial charge in [0.1, 0.15) is 0 Å². The first-order valence-electron chi connectivity index (χ1n) is 21.6. The molecule has 1 spiro atoms. The highest BCUT2D eigenvalue weighted by atomic mass is 15.2. The summed E-state index contributed by atoms with van der Waals surface area (Å²) in [6, 6.07) is 88.0. The van der Waals surface area contributed by atoms with Crippen LogP contribution in [0.5, 0.6) is 0 Å². The summed E-state index contributed by atoms with van der Waals surface area (Å²) < 4.78 is 0. The van der Waals surface area contributed by atoms with Crippen molar-refractivity contribution in [3.05, 3.63) is 259 Å². The molecule has 11 aromatic carbocycles. The first-order valence-corrected chi connectivity index (χ1v) is 21.6. The van der Waals surface area contributed by atoms with Crippen molar-refractivity contribution < 1.29 is 0 Å². The van der Waals surface area contributed by atoms with E-state index in [0.717, 1.165) is 17.1 Å². The van der Waals surface area contributed by atoms with Gasteiger partial charge in [-0.05, 0) is 107 Å². The Kier molecular flexibility index (Phi) is 7.59. The molecule has 2 aliphatic carbocycles. The van der Waals surface area contributed by atoms with Crippen LogP contribution in [0.3, 0.4) is 0 Å². The van der Waals surface area contributed by atoms with Crippen molar-refractivity contribution in [2.75, 3.05) is 4.90 Å². The summed E-state index contributed by atoms with van der Waals surface area (Å²) in [5.41, 5.74) is 18.2. The lowest BCUT2D eigenvalue weighted by Crippen LogP contribution is -2.26. The van der Waals surface area contributed by atoms with Gasteiger partial charge in [-0.15, -0.1) is 0 Å². The highest BCUT2D eigenvalue weighted by molar-refractivity contribution is 6.16. The van der Waals surface area contributed by atoms with E-state index in [9.17, 15) is 0 Å². The summed E-state index contributed by atoms with van der Waals surface area (Å²) in [5.74, 6) is 0. The third-order valence-corrected chi connectivity index (χ3v) is 13.7.